The Morgan fingerprint density at radius 2 is 1.92 bits per heavy atom. The maximum atomic E-state index is 5.71. The van der Waals surface area contributed by atoms with E-state index in [1.54, 1.807) is 10.9 Å². The first-order chi connectivity index (χ1) is 12.2. The Balaban J connectivity index is 1.98. The maximum absolute atomic E-state index is 5.71. The molecule has 0 N–H and O–H groups in total. The third-order valence-electron chi connectivity index (χ3n) is 3.69. The molecule has 0 atom stereocenters. The van der Waals surface area contributed by atoms with Gasteiger partial charge in [0.1, 0.15) is 11.6 Å². The van der Waals surface area contributed by atoms with Gasteiger partial charge in [0.2, 0.25) is 5.88 Å². The highest BCUT2D eigenvalue weighted by Gasteiger charge is 2.12. The van der Waals surface area contributed by atoms with Gasteiger partial charge in [0, 0.05) is 11.8 Å². The highest BCUT2D eigenvalue weighted by Crippen LogP contribution is 2.31. The highest BCUT2D eigenvalue weighted by molar-refractivity contribution is 5.70. The number of ether oxygens (including phenoxy) is 2. The largest absolute Gasteiger partial charge is 0.494 e. The number of rotatable bonds is 7. The van der Waals surface area contributed by atoms with Gasteiger partial charge in [0.15, 0.2) is 0 Å². The minimum absolute atomic E-state index is 0.552. The number of aryl methyl sites for hydroxylation is 1. The second-order valence-electron chi connectivity index (χ2n) is 5.47. The van der Waals surface area contributed by atoms with E-state index in [9.17, 15) is 0 Å². The number of benzene rings is 1. The summed E-state index contributed by atoms with van der Waals surface area (Å²) in [7, 11) is 0. The molecular weight excluding hydrogens is 318 g/mol. The molecule has 2 aromatic heterocycles. The maximum Gasteiger partial charge on any atom is 0.221 e. The second-order valence-corrected chi connectivity index (χ2v) is 5.47. The minimum Gasteiger partial charge on any atom is -0.494 e. The smallest absolute Gasteiger partial charge is 0.221 e. The van der Waals surface area contributed by atoms with Crippen LogP contribution in [0.25, 0.3) is 11.1 Å². The van der Waals surface area contributed by atoms with Gasteiger partial charge in [-0.25, -0.2) is 9.67 Å². The second kappa shape index (κ2) is 7.74. The predicted octanol–water partition coefficient (Wildman–Crippen LogP) is 2.89. The van der Waals surface area contributed by atoms with Gasteiger partial charge in [-0.3, -0.25) is 0 Å². The summed E-state index contributed by atoms with van der Waals surface area (Å²) >= 11 is 0. The summed E-state index contributed by atoms with van der Waals surface area (Å²) in [6.07, 6.45) is 1.79. The fourth-order valence-electron chi connectivity index (χ4n) is 2.53. The molecule has 0 radical (unpaired) electrons. The van der Waals surface area contributed by atoms with Crippen molar-refractivity contribution in [2.24, 2.45) is 0 Å². The fraction of sp³-hybridized carbons (Fsp3) is 0.333. The Labute approximate surface area is 146 Å². The Kier molecular flexibility index (Phi) is 5.23. The van der Waals surface area contributed by atoms with E-state index in [0.29, 0.717) is 25.6 Å². The number of pyridine rings is 1. The summed E-state index contributed by atoms with van der Waals surface area (Å²) in [5.74, 6) is 2.19. The molecule has 1 aromatic carbocycles. The van der Waals surface area contributed by atoms with Crippen LogP contribution in [0, 0.1) is 6.92 Å². The number of tetrazole rings is 1. The van der Waals surface area contributed by atoms with Crippen LogP contribution in [0.15, 0.2) is 36.5 Å². The monoisotopic (exact) mass is 339 g/mol. The lowest BCUT2D eigenvalue weighted by Gasteiger charge is -2.12. The zero-order chi connectivity index (χ0) is 17.6. The van der Waals surface area contributed by atoms with E-state index >= 15 is 0 Å². The molecule has 130 valence electrons. The minimum atomic E-state index is 0.552. The van der Waals surface area contributed by atoms with Crippen molar-refractivity contribution in [3.8, 4) is 22.8 Å². The molecule has 0 spiro atoms. The van der Waals surface area contributed by atoms with Crippen molar-refractivity contribution in [3.05, 3.63) is 47.9 Å². The van der Waals surface area contributed by atoms with Gasteiger partial charge in [0.05, 0.1) is 19.8 Å². The first-order valence-corrected chi connectivity index (χ1v) is 8.29. The Morgan fingerprint density at radius 1 is 1.08 bits per heavy atom. The van der Waals surface area contributed by atoms with E-state index < -0.39 is 0 Å². The first-order valence-electron chi connectivity index (χ1n) is 8.29. The SMILES string of the molecule is CCOc1cccc(-c2cc(Cn3nnnc3C)cnc2OCC)c1. The van der Waals surface area contributed by atoms with E-state index in [-0.39, 0.29) is 0 Å². The fourth-order valence-corrected chi connectivity index (χ4v) is 2.53. The number of hydrogen-bond donors (Lipinski definition) is 0. The van der Waals surface area contributed by atoms with E-state index in [1.165, 1.54) is 0 Å². The molecule has 25 heavy (non-hydrogen) atoms. The van der Waals surface area contributed by atoms with Gasteiger partial charge in [0.25, 0.3) is 0 Å². The summed E-state index contributed by atoms with van der Waals surface area (Å²) in [6, 6.07) is 9.98. The van der Waals surface area contributed by atoms with E-state index in [2.05, 4.69) is 26.6 Å². The molecule has 7 nitrogen and oxygen atoms in total. The van der Waals surface area contributed by atoms with E-state index in [1.807, 2.05) is 45.0 Å². The van der Waals surface area contributed by atoms with Gasteiger partial charge in [-0.1, -0.05) is 12.1 Å². The quantitative estimate of drug-likeness (QED) is 0.659. The molecule has 0 amide bonds. The third-order valence-corrected chi connectivity index (χ3v) is 3.69. The molecule has 3 rings (SSSR count). The van der Waals surface area contributed by atoms with Crippen molar-refractivity contribution >= 4 is 0 Å². The van der Waals surface area contributed by atoms with Gasteiger partial charge >= 0.3 is 0 Å². The molecule has 0 aliphatic rings. The topological polar surface area (TPSA) is 75.0 Å². The Morgan fingerprint density at radius 3 is 2.64 bits per heavy atom. The molecule has 3 aromatic rings. The first kappa shape index (κ1) is 16.9. The lowest BCUT2D eigenvalue weighted by Crippen LogP contribution is -2.06. The van der Waals surface area contributed by atoms with Crippen LogP contribution in [0.2, 0.25) is 0 Å². The van der Waals surface area contributed by atoms with Crippen molar-refractivity contribution in [3.63, 3.8) is 0 Å². The Bertz CT molecular complexity index is 847. The normalized spacial score (nSPS) is 10.7. The lowest BCUT2D eigenvalue weighted by atomic mass is 10.0. The molecule has 0 fully saturated rings. The van der Waals surface area contributed by atoms with Crippen LogP contribution >= 0.6 is 0 Å². The number of hydrogen-bond acceptors (Lipinski definition) is 6. The molecule has 2 heterocycles. The van der Waals surface area contributed by atoms with Crippen LogP contribution in [0.4, 0.5) is 0 Å². The Hall–Kier alpha value is -2.96. The molecule has 7 heteroatoms. The van der Waals surface area contributed by atoms with Crippen molar-refractivity contribution in [2.45, 2.75) is 27.3 Å². The zero-order valence-corrected chi connectivity index (χ0v) is 14.6. The van der Waals surface area contributed by atoms with Crippen LogP contribution in [-0.4, -0.2) is 38.4 Å². The summed E-state index contributed by atoms with van der Waals surface area (Å²) in [5, 5.41) is 11.6. The van der Waals surface area contributed by atoms with E-state index in [0.717, 1.165) is 28.3 Å². The van der Waals surface area contributed by atoms with Crippen LogP contribution in [0.1, 0.15) is 25.2 Å². The number of aromatic nitrogens is 5. The summed E-state index contributed by atoms with van der Waals surface area (Å²) < 4.78 is 13.0. The van der Waals surface area contributed by atoms with Crippen LogP contribution < -0.4 is 9.47 Å². The summed E-state index contributed by atoms with van der Waals surface area (Å²) in [5.41, 5.74) is 2.92. The molecule has 0 aliphatic carbocycles. The average Bonchev–Trinajstić information content (AvgIpc) is 3.02. The molecular formula is C18H21N5O2. The van der Waals surface area contributed by atoms with Gasteiger partial charge in [-0.15, -0.1) is 5.10 Å². The van der Waals surface area contributed by atoms with Crippen molar-refractivity contribution in [1.82, 2.24) is 25.2 Å². The standard InChI is InChI=1S/C18H21N5O2/c1-4-24-16-8-6-7-15(10-16)17-9-14(11-19-18(17)25-5-2)12-23-13(3)20-21-22-23/h6-11H,4-5,12H2,1-3H3. The van der Waals surface area contributed by atoms with Gasteiger partial charge < -0.3 is 9.47 Å². The van der Waals surface area contributed by atoms with Gasteiger partial charge in [-0.05, 0) is 60.5 Å². The third kappa shape index (κ3) is 3.93. The predicted molar refractivity (Wildman–Crippen MR) is 93.7 cm³/mol. The summed E-state index contributed by atoms with van der Waals surface area (Å²) in [6.45, 7) is 7.51. The highest BCUT2D eigenvalue weighted by atomic mass is 16.5. The number of nitrogens with zero attached hydrogens (tertiary/aromatic N) is 5. The molecule has 0 unspecified atom stereocenters. The van der Waals surface area contributed by atoms with Crippen LogP contribution in [0.3, 0.4) is 0 Å². The average molecular weight is 339 g/mol. The molecule has 0 saturated carbocycles. The molecule has 0 saturated heterocycles. The van der Waals surface area contributed by atoms with Crippen molar-refractivity contribution < 1.29 is 9.47 Å². The van der Waals surface area contributed by atoms with Gasteiger partial charge in [-0.2, -0.15) is 0 Å². The van der Waals surface area contributed by atoms with Crippen LogP contribution in [0.5, 0.6) is 11.6 Å². The van der Waals surface area contributed by atoms with Crippen LogP contribution in [-0.2, 0) is 6.54 Å². The lowest BCUT2D eigenvalue weighted by molar-refractivity contribution is 0.328. The van der Waals surface area contributed by atoms with E-state index in [4.69, 9.17) is 9.47 Å². The summed E-state index contributed by atoms with van der Waals surface area (Å²) in [4.78, 5) is 4.49. The molecule has 0 bridgehead atoms. The molecule has 0 aliphatic heterocycles. The van der Waals surface area contributed by atoms with Crippen molar-refractivity contribution in [2.75, 3.05) is 13.2 Å². The van der Waals surface area contributed by atoms with Crippen molar-refractivity contribution in [1.29, 1.82) is 0 Å². The zero-order valence-electron chi connectivity index (χ0n) is 14.6.